The van der Waals surface area contributed by atoms with Crippen LogP contribution < -0.4 is 10.5 Å². The van der Waals surface area contributed by atoms with Crippen LogP contribution in [0.15, 0.2) is 30.3 Å². The Morgan fingerprint density at radius 1 is 1.27 bits per heavy atom. The molecule has 0 saturated heterocycles. The van der Waals surface area contributed by atoms with Gasteiger partial charge in [0.1, 0.15) is 5.75 Å². The molecule has 0 heterocycles. The first-order chi connectivity index (χ1) is 10.5. The number of anilines is 1. The highest BCUT2D eigenvalue weighted by Gasteiger charge is 2.21. The van der Waals surface area contributed by atoms with E-state index >= 15 is 0 Å². The Kier molecular flexibility index (Phi) is 5.09. The Morgan fingerprint density at radius 3 is 2.64 bits per heavy atom. The molecule has 4 heteroatoms. The van der Waals surface area contributed by atoms with E-state index < -0.39 is 0 Å². The quantitative estimate of drug-likeness (QED) is 0.649. The number of halogens is 1. The van der Waals surface area contributed by atoms with E-state index in [9.17, 15) is 4.79 Å². The van der Waals surface area contributed by atoms with Gasteiger partial charge in [0, 0.05) is 16.3 Å². The SMILES string of the molecule is CCCOc1c(C)cc(Cl)c(C)c1C(=O)c1cccc(N)c1. The molecule has 3 nitrogen and oxygen atoms in total. The zero-order chi connectivity index (χ0) is 16.3. The molecule has 0 aliphatic carbocycles. The summed E-state index contributed by atoms with van der Waals surface area (Å²) in [4.78, 5) is 12.9. The molecule has 0 bridgehead atoms. The van der Waals surface area contributed by atoms with Crippen LogP contribution in [0.1, 0.15) is 40.4 Å². The average Bonchev–Trinajstić information content (AvgIpc) is 2.49. The Labute approximate surface area is 136 Å². The first-order valence-corrected chi connectivity index (χ1v) is 7.66. The molecular weight excluding hydrogens is 298 g/mol. The van der Waals surface area contributed by atoms with Crippen LogP contribution in [0, 0.1) is 13.8 Å². The van der Waals surface area contributed by atoms with Gasteiger partial charge in [-0.2, -0.15) is 0 Å². The summed E-state index contributed by atoms with van der Waals surface area (Å²) in [6.07, 6.45) is 0.868. The van der Waals surface area contributed by atoms with Crippen LogP contribution in [0.3, 0.4) is 0 Å². The molecule has 0 atom stereocenters. The molecular formula is C18H20ClNO2. The minimum Gasteiger partial charge on any atom is -0.493 e. The fraction of sp³-hybridized carbons (Fsp3) is 0.278. The molecule has 2 aromatic rings. The second-order valence-corrected chi connectivity index (χ2v) is 5.71. The van der Waals surface area contributed by atoms with Gasteiger partial charge in [-0.1, -0.05) is 30.7 Å². The maximum Gasteiger partial charge on any atom is 0.197 e. The van der Waals surface area contributed by atoms with Crippen LogP contribution in [-0.4, -0.2) is 12.4 Å². The van der Waals surface area contributed by atoms with Crippen molar-refractivity contribution in [3.05, 3.63) is 57.6 Å². The summed E-state index contributed by atoms with van der Waals surface area (Å²) in [5.41, 5.74) is 8.97. The fourth-order valence-corrected chi connectivity index (χ4v) is 2.60. The lowest BCUT2D eigenvalue weighted by molar-refractivity contribution is 0.103. The van der Waals surface area contributed by atoms with Crippen LogP contribution in [0.5, 0.6) is 5.75 Å². The van der Waals surface area contributed by atoms with Crippen molar-refractivity contribution in [2.75, 3.05) is 12.3 Å². The second-order valence-electron chi connectivity index (χ2n) is 5.31. The molecule has 0 spiro atoms. The minimum absolute atomic E-state index is 0.124. The monoisotopic (exact) mass is 317 g/mol. The maximum atomic E-state index is 12.9. The van der Waals surface area contributed by atoms with E-state index in [4.69, 9.17) is 22.1 Å². The number of hydrogen-bond acceptors (Lipinski definition) is 3. The number of rotatable bonds is 5. The average molecular weight is 318 g/mol. The molecule has 0 aromatic heterocycles. The van der Waals surface area contributed by atoms with Crippen LogP contribution in [0.25, 0.3) is 0 Å². The van der Waals surface area contributed by atoms with Gasteiger partial charge in [-0.25, -0.2) is 0 Å². The molecule has 0 aliphatic heterocycles. The van der Waals surface area contributed by atoms with Crippen molar-refractivity contribution in [2.45, 2.75) is 27.2 Å². The predicted molar refractivity (Wildman–Crippen MR) is 91.0 cm³/mol. The van der Waals surface area contributed by atoms with Crippen molar-refractivity contribution in [2.24, 2.45) is 0 Å². The van der Waals surface area contributed by atoms with Gasteiger partial charge in [-0.15, -0.1) is 0 Å². The molecule has 0 unspecified atom stereocenters. The molecule has 0 amide bonds. The summed E-state index contributed by atoms with van der Waals surface area (Å²) in [6, 6.07) is 8.76. The third kappa shape index (κ3) is 3.25. The van der Waals surface area contributed by atoms with Crippen LogP contribution in [0.2, 0.25) is 5.02 Å². The zero-order valence-corrected chi connectivity index (χ0v) is 13.8. The van der Waals surface area contributed by atoms with E-state index in [0.29, 0.717) is 34.2 Å². The molecule has 0 fully saturated rings. The Morgan fingerprint density at radius 2 is 2.00 bits per heavy atom. The van der Waals surface area contributed by atoms with E-state index in [1.165, 1.54) is 0 Å². The second kappa shape index (κ2) is 6.84. The molecule has 2 rings (SSSR count). The predicted octanol–water partition coefficient (Wildman–Crippen LogP) is 4.56. The molecule has 22 heavy (non-hydrogen) atoms. The number of carbonyl (C=O) groups is 1. The van der Waals surface area contributed by atoms with E-state index in [1.807, 2.05) is 26.8 Å². The topological polar surface area (TPSA) is 52.3 Å². The van der Waals surface area contributed by atoms with Crippen molar-refractivity contribution in [1.82, 2.24) is 0 Å². The number of nitrogen functional groups attached to an aromatic ring is 1. The number of ketones is 1. The lowest BCUT2D eigenvalue weighted by Crippen LogP contribution is -2.10. The lowest BCUT2D eigenvalue weighted by atomic mass is 9.95. The van der Waals surface area contributed by atoms with Gasteiger partial charge >= 0.3 is 0 Å². The number of benzene rings is 2. The van der Waals surface area contributed by atoms with Gasteiger partial charge in [-0.05, 0) is 49.6 Å². The number of hydrogen-bond donors (Lipinski definition) is 1. The van der Waals surface area contributed by atoms with E-state index in [-0.39, 0.29) is 5.78 Å². The van der Waals surface area contributed by atoms with Gasteiger partial charge in [-0.3, -0.25) is 4.79 Å². The highest BCUT2D eigenvalue weighted by atomic mass is 35.5. The van der Waals surface area contributed by atoms with E-state index in [0.717, 1.165) is 17.5 Å². The summed E-state index contributed by atoms with van der Waals surface area (Å²) in [7, 11) is 0. The van der Waals surface area contributed by atoms with Crippen molar-refractivity contribution in [3.63, 3.8) is 0 Å². The summed E-state index contributed by atoms with van der Waals surface area (Å²) < 4.78 is 5.82. The number of carbonyl (C=O) groups excluding carboxylic acids is 1. The normalized spacial score (nSPS) is 10.5. The largest absolute Gasteiger partial charge is 0.493 e. The first-order valence-electron chi connectivity index (χ1n) is 7.28. The third-order valence-electron chi connectivity index (χ3n) is 3.49. The maximum absolute atomic E-state index is 12.9. The smallest absolute Gasteiger partial charge is 0.197 e. The molecule has 0 radical (unpaired) electrons. The molecule has 116 valence electrons. The standard InChI is InChI=1S/C18H20ClNO2/c1-4-8-22-18-11(2)9-15(19)12(3)16(18)17(21)13-6-5-7-14(20)10-13/h5-7,9-10H,4,8,20H2,1-3H3. The highest BCUT2D eigenvalue weighted by molar-refractivity contribution is 6.32. The zero-order valence-electron chi connectivity index (χ0n) is 13.1. The van der Waals surface area contributed by atoms with Gasteiger partial charge in [0.25, 0.3) is 0 Å². The van der Waals surface area contributed by atoms with E-state index in [2.05, 4.69) is 0 Å². The summed E-state index contributed by atoms with van der Waals surface area (Å²) in [6.45, 7) is 6.31. The van der Waals surface area contributed by atoms with Crippen molar-refractivity contribution in [3.8, 4) is 5.75 Å². The first kappa shape index (κ1) is 16.4. The lowest BCUT2D eigenvalue weighted by Gasteiger charge is -2.17. The van der Waals surface area contributed by atoms with Crippen LogP contribution >= 0.6 is 11.6 Å². The molecule has 0 saturated carbocycles. The number of nitrogens with two attached hydrogens (primary N) is 1. The Bertz CT molecular complexity index is 710. The van der Waals surface area contributed by atoms with Gasteiger partial charge < -0.3 is 10.5 Å². The molecule has 2 aromatic carbocycles. The Hall–Kier alpha value is -2.00. The van der Waals surface area contributed by atoms with Gasteiger partial charge in [0.15, 0.2) is 5.78 Å². The van der Waals surface area contributed by atoms with E-state index in [1.54, 1.807) is 24.3 Å². The summed E-state index contributed by atoms with van der Waals surface area (Å²) in [5.74, 6) is 0.484. The summed E-state index contributed by atoms with van der Waals surface area (Å²) >= 11 is 6.26. The third-order valence-corrected chi connectivity index (χ3v) is 3.88. The van der Waals surface area contributed by atoms with Crippen LogP contribution in [0.4, 0.5) is 5.69 Å². The van der Waals surface area contributed by atoms with Crippen molar-refractivity contribution in [1.29, 1.82) is 0 Å². The minimum atomic E-state index is -0.124. The number of ether oxygens (including phenoxy) is 1. The van der Waals surface area contributed by atoms with Gasteiger partial charge in [0.05, 0.1) is 12.2 Å². The van der Waals surface area contributed by atoms with Crippen LogP contribution in [-0.2, 0) is 0 Å². The Balaban J connectivity index is 2.59. The highest BCUT2D eigenvalue weighted by Crippen LogP contribution is 2.34. The fourth-order valence-electron chi connectivity index (χ4n) is 2.34. The van der Waals surface area contributed by atoms with Crippen molar-refractivity contribution >= 4 is 23.1 Å². The number of aryl methyl sites for hydroxylation is 1. The molecule has 2 N–H and O–H groups in total. The summed E-state index contributed by atoms with van der Waals surface area (Å²) in [5, 5.41) is 0.564. The van der Waals surface area contributed by atoms with Crippen molar-refractivity contribution < 1.29 is 9.53 Å². The molecule has 0 aliphatic rings. The van der Waals surface area contributed by atoms with Gasteiger partial charge in [0.2, 0.25) is 0 Å².